The van der Waals surface area contributed by atoms with Crippen LogP contribution >= 0.6 is 34.5 Å². The van der Waals surface area contributed by atoms with E-state index >= 15 is 0 Å². The molecule has 1 N–H and O–H groups in total. The summed E-state index contributed by atoms with van der Waals surface area (Å²) in [6.45, 7) is -0.0360. The highest BCUT2D eigenvalue weighted by atomic mass is 35.5. The van der Waals surface area contributed by atoms with E-state index in [9.17, 15) is 8.42 Å². The number of rotatable bonds is 5. The van der Waals surface area contributed by atoms with Gasteiger partial charge in [-0.15, -0.1) is 11.3 Å². The normalized spacial score (nSPS) is 15.7. The average Bonchev–Trinajstić information content (AvgIpc) is 3.04. The summed E-state index contributed by atoms with van der Waals surface area (Å²) < 4.78 is 31.8. The molecule has 20 heavy (non-hydrogen) atoms. The first kappa shape index (κ1) is 14.3. The Kier molecular flexibility index (Phi) is 3.76. The van der Waals surface area contributed by atoms with Gasteiger partial charge in [0.1, 0.15) is 8.55 Å². The van der Waals surface area contributed by atoms with Gasteiger partial charge in [-0.3, -0.25) is 0 Å². The minimum Gasteiger partial charge on any atom is -0.339 e. The van der Waals surface area contributed by atoms with E-state index in [1.165, 1.54) is 6.07 Å². The Hall–Kier alpha value is -0.670. The van der Waals surface area contributed by atoms with Crippen LogP contribution < -0.4 is 4.72 Å². The molecule has 1 saturated carbocycles. The van der Waals surface area contributed by atoms with Crippen molar-refractivity contribution in [3.05, 3.63) is 27.1 Å². The van der Waals surface area contributed by atoms with Crippen LogP contribution in [0.3, 0.4) is 0 Å². The van der Waals surface area contributed by atoms with E-state index in [-0.39, 0.29) is 20.1 Å². The van der Waals surface area contributed by atoms with Crippen LogP contribution in [0.25, 0.3) is 0 Å². The van der Waals surface area contributed by atoms with Crippen LogP contribution in [0.4, 0.5) is 0 Å². The van der Waals surface area contributed by atoms with Crippen molar-refractivity contribution in [1.82, 2.24) is 14.9 Å². The van der Waals surface area contributed by atoms with Crippen LogP contribution in [0.2, 0.25) is 9.36 Å². The quantitative estimate of drug-likeness (QED) is 0.892. The highest BCUT2D eigenvalue weighted by Gasteiger charge is 2.29. The lowest BCUT2D eigenvalue weighted by atomic mass is 10.4. The molecule has 0 saturated heterocycles. The zero-order valence-electron chi connectivity index (χ0n) is 9.97. The van der Waals surface area contributed by atoms with Gasteiger partial charge in [0.2, 0.25) is 5.89 Å². The number of nitrogens with zero attached hydrogens (tertiary/aromatic N) is 2. The lowest BCUT2D eigenvalue weighted by Gasteiger charge is -2.00. The van der Waals surface area contributed by atoms with Gasteiger partial charge in [0, 0.05) is 5.92 Å². The molecule has 0 atom stereocenters. The third kappa shape index (κ3) is 2.99. The SMILES string of the molecule is O=S(=O)(NCc1noc(C2CC2)n1)c1cc(Cl)c(Cl)s1. The summed E-state index contributed by atoms with van der Waals surface area (Å²) >= 11 is 12.4. The number of sulfonamides is 1. The molecule has 108 valence electrons. The second kappa shape index (κ2) is 5.27. The van der Waals surface area contributed by atoms with Gasteiger partial charge in [-0.1, -0.05) is 28.4 Å². The molecule has 2 aromatic rings. The maximum Gasteiger partial charge on any atom is 0.250 e. The van der Waals surface area contributed by atoms with E-state index in [0.29, 0.717) is 17.6 Å². The summed E-state index contributed by atoms with van der Waals surface area (Å²) in [5.74, 6) is 1.22. The van der Waals surface area contributed by atoms with Crippen molar-refractivity contribution in [3.63, 3.8) is 0 Å². The van der Waals surface area contributed by atoms with Crippen molar-refractivity contribution in [2.24, 2.45) is 0 Å². The predicted octanol–water partition coefficient (Wildman–Crippen LogP) is 2.79. The van der Waals surface area contributed by atoms with Crippen LogP contribution in [-0.2, 0) is 16.6 Å². The number of hydrogen-bond donors (Lipinski definition) is 1. The molecule has 2 aromatic heterocycles. The largest absolute Gasteiger partial charge is 0.339 e. The van der Waals surface area contributed by atoms with Crippen LogP contribution in [0.1, 0.15) is 30.5 Å². The lowest BCUT2D eigenvalue weighted by molar-refractivity contribution is 0.373. The fraction of sp³-hybridized carbons (Fsp3) is 0.400. The van der Waals surface area contributed by atoms with E-state index in [1.807, 2.05) is 0 Å². The molecular weight excluding hydrogens is 345 g/mol. The molecule has 1 aliphatic carbocycles. The Balaban J connectivity index is 1.69. The fourth-order valence-corrected chi connectivity index (χ4v) is 4.43. The number of aromatic nitrogens is 2. The standard InChI is InChI=1S/C10H9Cl2N3O3S2/c11-6-3-8(19-9(6)12)20(16,17)13-4-7-14-10(18-15-7)5-1-2-5/h3,5,13H,1-2,4H2. The maximum absolute atomic E-state index is 12.0. The minimum absolute atomic E-state index is 0.0360. The minimum atomic E-state index is -3.68. The lowest BCUT2D eigenvalue weighted by Crippen LogP contribution is -2.23. The summed E-state index contributed by atoms with van der Waals surface area (Å²) in [6, 6.07) is 1.31. The van der Waals surface area contributed by atoms with Gasteiger partial charge in [-0.2, -0.15) is 4.98 Å². The van der Waals surface area contributed by atoms with Crippen molar-refractivity contribution < 1.29 is 12.9 Å². The first-order valence-electron chi connectivity index (χ1n) is 5.72. The van der Waals surface area contributed by atoms with Crippen molar-refractivity contribution in [2.75, 3.05) is 0 Å². The van der Waals surface area contributed by atoms with E-state index in [4.69, 9.17) is 27.7 Å². The maximum atomic E-state index is 12.0. The summed E-state index contributed by atoms with van der Waals surface area (Å²) in [6.07, 6.45) is 2.08. The molecule has 0 aliphatic heterocycles. The zero-order valence-corrected chi connectivity index (χ0v) is 13.1. The van der Waals surface area contributed by atoms with Crippen LogP contribution in [0.5, 0.6) is 0 Å². The van der Waals surface area contributed by atoms with Crippen molar-refractivity contribution >= 4 is 44.6 Å². The van der Waals surface area contributed by atoms with Gasteiger partial charge in [0.15, 0.2) is 5.82 Å². The molecule has 6 nitrogen and oxygen atoms in total. The Bertz CT molecular complexity index is 717. The van der Waals surface area contributed by atoms with E-state index < -0.39 is 10.0 Å². The third-order valence-corrected chi connectivity index (χ3v) is 6.46. The molecule has 10 heteroatoms. The van der Waals surface area contributed by atoms with E-state index in [2.05, 4.69) is 14.9 Å². The Morgan fingerprint density at radius 3 is 2.80 bits per heavy atom. The number of nitrogens with one attached hydrogen (secondary N) is 1. The van der Waals surface area contributed by atoms with E-state index in [0.717, 1.165) is 24.2 Å². The van der Waals surface area contributed by atoms with Crippen molar-refractivity contribution in [3.8, 4) is 0 Å². The topological polar surface area (TPSA) is 85.1 Å². The molecule has 0 unspecified atom stereocenters. The molecule has 0 radical (unpaired) electrons. The Labute approximate surface area is 129 Å². The van der Waals surface area contributed by atoms with Gasteiger partial charge in [-0.25, -0.2) is 13.1 Å². The molecule has 0 bridgehead atoms. The summed E-state index contributed by atoms with van der Waals surface area (Å²) in [7, 11) is -3.68. The van der Waals surface area contributed by atoms with Gasteiger partial charge in [0.25, 0.3) is 10.0 Å². The molecule has 1 fully saturated rings. The van der Waals surface area contributed by atoms with Gasteiger partial charge < -0.3 is 4.52 Å². The second-order valence-corrected chi connectivity index (χ2v) is 8.39. The first-order valence-corrected chi connectivity index (χ1v) is 8.78. The zero-order chi connectivity index (χ0) is 14.3. The van der Waals surface area contributed by atoms with E-state index in [1.54, 1.807) is 0 Å². The van der Waals surface area contributed by atoms with Crippen LogP contribution in [-0.4, -0.2) is 18.6 Å². The highest BCUT2D eigenvalue weighted by molar-refractivity contribution is 7.91. The third-order valence-electron chi connectivity index (χ3n) is 2.72. The second-order valence-electron chi connectivity index (χ2n) is 4.33. The molecular formula is C10H9Cl2N3O3S2. The van der Waals surface area contributed by atoms with Crippen LogP contribution in [0, 0.1) is 0 Å². The van der Waals surface area contributed by atoms with Crippen molar-refractivity contribution in [2.45, 2.75) is 29.5 Å². The number of thiophene rings is 1. The van der Waals surface area contributed by atoms with Gasteiger partial charge >= 0.3 is 0 Å². The molecule has 2 heterocycles. The predicted molar refractivity (Wildman–Crippen MR) is 74.6 cm³/mol. The Morgan fingerprint density at radius 1 is 1.45 bits per heavy atom. The summed E-state index contributed by atoms with van der Waals surface area (Å²) in [5.41, 5.74) is 0. The highest BCUT2D eigenvalue weighted by Crippen LogP contribution is 2.38. The number of halogens is 2. The van der Waals surface area contributed by atoms with Gasteiger partial charge in [0.05, 0.1) is 11.6 Å². The van der Waals surface area contributed by atoms with Crippen LogP contribution in [0.15, 0.2) is 14.8 Å². The van der Waals surface area contributed by atoms with Gasteiger partial charge in [-0.05, 0) is 18.9 Å². The average molecular weight is 354 g/mol. The summed E-state index contributed by atoms with van der Waals surface area (Å²) in [5, 5.41) is 3.95. The monoisotopic (exact) mass is 353 g/mol. The molecule has 1 aliphatic rings. The molecule has 0 amide bonds. The molecule has 0 aromatic carbocycles. The van der Waals surface area contributed by atoms with Crippen molar-refractivity contribution in [1.29, 1.82) is 0 Å². The summed E-state index contributed by atoms with van der Waals surface area (Å²) in [4.78, 5) is 4.14. The molecule has 3 rings (SSSR count). The smallest absolute Gasteiger partial charge is 0.250 e. The molecule has 0 spiro atoms. The number of hydrogen-bond acceptors (Lipinski definition) is 6. The first-order chi connectivity index (χ1) is 9.45. The Morgan fingerprint density at radius 2 is 2.20 bits per heavy atom. The fourth-order valence-electron chi connectivity index (χ4n) is 1.53.